The van der Waals surface area contributed by atoms with Crippen molar-refractivity contribution in [2.75, 3.05) is 26.2 Å². The Morgan fingerprint density at radius 2 is 2.04 bits per heavy atom. The van der Waals surface area contributed by atoms with E-state index in [4.69, 9.17) is 0 Å². The first kappa shape index (κ1) is 14.4. The minimum atomic E-state index is -3.62. The number of urea groups is 1. The van der Waals surface area contributed by atoms with E-state index in [1.807, 2.05) is 0 Å². The quantitative estimate of drug-likeness (QED) is 0.874. The first-order valence-corrected chi connectivity index (χ1v) is 8.90. The van der Waals surface area contributed by atoms with E-state index >= 15 is 0 Å². The number of rotatable bonds is 2. The van der Waals surface area contributed by atoms with Crippen molar-refractivity contribution in [3.05, 3.63) is 36.5 Å². The molecule has 0 aliphatic carbocycles. The summed E-state index contributed by atoms with van der Waals surface area (Å²) in [6, 6.07) is 8.42. The van der Waals surface area contributed by atoms with E-state index in [1.165, 1.54) is 4.31 Å². The third kappa shape index (κ3) is 2.25. The Labute approximate surface area is 134 Å². The molecule has 3 heterocycles. The maximum Gasteiger partial charge on any atom is 0.317 e. The maximum atomic E-state index is 13.0. The minimum absolute atomic E-state index is 0.0980. The number of hydrogen-bond acceptors (Lipinski definition) is 4. The first-order valence-electron chi connectivity index (χ1n) is 7.46. The molecule has 2 aromatic rings. The van der Waals surface area contributed by atoms with Crippen molar-refractivity contribution in [2.24, 2.45) is 0 Å². The van der Waals surface area contributed by atoms with Crippen LogP contribution in [0.3, 0.4) is 0 Å². The summed E-state index contributed by atoms with van der Waals surface area (Å²) in [5.74, 6) is 0. The molecule has 1 unspecified atom stereocenters. The number of nitrogens with one attached hydrogen (secondary N) is 1. The van der Waals surface area contributed by atoms with E-state index in [2.05, 4.69) is 10.3 Å². The highest BCUT2D eigenvalue weighted by atomic mass is 32.2. The summed E-state index contributed by atoms with van der Waals surface area (Å²) in [5, 5.41) is 3.38. The number of nitrogens with zero attached hydrogens (tertiary/aromatic N) is 3. The molecule has 2 amide bonds. The number of carbonyl (C=O) groups excluding carboxylic acids is 1. The zero-order valence-corrected chi connectivity index (χ0v) is 13.2. The van der Waals surface area contributed by atoms with Crippen LogP contribution in [0, 0.1) is 0 Å². The summed E-state index contributed by atoms with van der Waals surface area (Å²) in [7, 11) is -3.62. The Bertz CT molecular complexity index is 878. The second-order valence-electron chi connectivity index (χ2n) is 5.72. The van der Waals surface area contributed by atoms with E-state index in [0.29, 0.717) is 37.1 Å². The molecular weight excluding hydrogens is 316 g/mol. The van der Waals surface area contributed by atoms with Crippen LogP contribution in [0.2, 0.25) is 0 Å². The number of pyridine rings is 1. The molecule has 120 valence electrons. The topological polar surface area (TPSA) is 82.6 Å². The number of amides is 2. The summed E-state index contributed by atoms with van der Waals surface area (Å²) in [6.07, 6.45) is 1.65. The zero-order chi connectivity index (χ0) is 16.0. The number of sulfonamides is 1. The van der Waals surface area contributed by atoms with Crippen LogP contribution < -0.4 is 5.32 Å². The number of carbonyl (C=O) groups is 1. The van der Waals surface area contributed by atoms with Crippen molar-refractivity contribution in [1.82, 2.24) is 19.5 Å². The lowest BCUT2D eigenvalue weighted by Crippen LogP contribution is -2.53. The second-order valence-corrected chi connectivity index (χ2v) is 7.63. The van der Waals surface area contributed by atoms with Gasteiger partial charge in [-0.25, -0.2) is 13.2 Å². The summed E-state index contributed by atoms with van der Waals surface area (Å²) in [6.45, 7) is 1.53. The molecule has 2 aliphatic heterocycles. The van der Waals surface area contributed by atoms with Crippen LogP contribution in [0.15, 0.2) is 41.4 Å². The highest BCUT2D eigenvalue weighted by Gasteiger charge is 2.40. The number of aromatic nitrogens is 1. The average Bonchev–Trinajstić information content (AvgIpc) is 2.95. The zero-order valence-electron chi connectivity index (χ0n) is 12.3. The van der Waals surface area contributed by atoms with Crippen molar-refractivity contribution in [3.8, 4) is 0 Å². The number of benzene rings is 1. The van der Waals surface area contributed by atoms with Gasteiger partial charge >= 0.3 is 6.03 Å². The molecule has 0 saturated carbocycles. The van der Waals surface area contributed by atoms with Gasteiger partial charge in [0.1, 0.15) is 0 Å². The van der Waals surface area contributed by atoms with Crippen LogP contribution in [-0.4, -0.2) is 60.9 Å². The summed E-state index contributed by atoms with van der Waals surface area (Å²) >= 11 is 0. The van der Waals surface area contributed by atoms with E-state index in [0.717, 1.165) is 0 Å². The lowest BCUT2D eigenvalue weighted by atomic mass is 10.2. The Morgan fingerprint density at radius 1 is 1.17 bits per heavy atom. The predicted molar refractivity (Wildman–Crippen MR) is 84.4 cm³/mol. The smallest absolute Gasteiger partial charge is 0.317 e. The van der Waals surface area contributed by atoms with Crippen LogP contribution in [0.4, 0.5) is 4.79 Å². The molecule has 1 aromatic carbocycles. The number of fused-ring (bicyclic) bond motifs is 2. The Hall–Kier alpha value is -2.19. The van der Waals surface area contributed by atoms with E-state index in [-0.39, 0.29) is 17.0 Å². The normalized spacial score (nSPS) is 22.2. The standard InChI is InChI=1S/C15H16N4O3S/c20-15-17-9-11-10-18(7-8-19(11)15)23(21,22)14-5-1-4-13-12(14)3-2-6-16-13/h1-6,11H,7-10H2,(H,17,20). The van der Waals surface area contributed by atoms with Gasteiger partial charge in [0.25, 0.3) is 0 Å². The largest absolute Gasteiger partial charge is 0.336 e. The van der Waals surface area contributed by atoms with Crippen LogP contribution in [-0.2, 0) is 10.0 Å². The first-order chi connectivity index (χ1) is 11.1. The Morgan fingerprint density at radius 3 is 2.91 bits per heavy atom. The predicted octanol–water partition coefficient (Wildman–Crippen LogP) is 0.633. The van der Waals surface area contributed by atoms with Gasteiger partial charge in [0.05, 0.1) is 16.5 Å². The van der Waals surface area contributed by atoms with Crippen molar-refractivity contribution >= 4 is 27.0 Å². The molecule has 8 heteroatoms. The molecule has 0 bridgehead atoms. The van der Waals surface area contributed by atoms with Gasteiger partial charge in [0.2, 0.25) is 10.0 Å². The van der Waals surface area contributed by atoms with Crippen molar-refractivity contribution < 1.29 is 13.2 Å². The van der Waals surface area contributed by atoms with Gasteiger partial charge in [-0.05, 0) is 24.3 Å². The average molecular weight is 332 g/mol. The van der Waals surface area contributed by atoms with Gasteiger partial charge in [-0.2, -0.15) is 4.31 Å². The molecule has 4 rings (SSSR count). The molecule has 1 aromatic heterocycles. The van der Waals surface area contributed by atoms with Gasteiger partial charge < -0.3 is 10.2 Å². The summed E-state index contributed by atoms with van der Waals surface area (Å²) < 4.78 is 27.6. The molecule has 7 nitrogen and oxygen atoms in total. The molecule has 2 saturated heterocycles. The molecule has 23 heavy (non-hydrogen) atoms. The monoisotopic (exact) mass is 332 g/mol. The Balaban J connectivity index is 1.72. The van der Waals surface area contributed by atoms with Gasteiger partial charge in [-0.1, -0.05) is 6.07 Å². The molecule has 1 N–H and O–H groups in total. The highest BCUT2D eigenvalue weighted by Crippen LogP contribution is 2.27. The molecule has 2 aliphatic rings. The van der Waals surface area contributed by atoms with E-state index in [9.17, 15) is 13.2 Å². The summed E-state index contributed by atoms with van der Waals surface area (Å²) in [4.78, 5) is 17.8. The minimum Gasteiger partial charge on any atom is -0.336 e. The lowest BCUT2D eigenvalue weighted by molar-refractivity contribution is 0.164. The fraction of sp³-hybridized carbons (Fsp3) is 0.333. The lowest BCUT2D eigenvalue weighted by Gasteiger charge is -2.35. The van der Waals surface area contributed by atoms with Crippen molar-refractivity contribution in [1.29, 1.82) is 0 Å². The van der Waals surface area contributed by atoms with Crippen LogP contribution in [0.5, 0.6) is 0 Å². The van der Waals surface area contributed by atoms with Gasteiger partial charge in [0, 0.05) is 37.8 Å². The van der Waals surface area contributed by atoms with Crippen LogP contribution in [0.1, 0.15) is 0 Å². The fourth-order valence-electron chi connectivity index (χ4n) is 3.23. The van der Waals surface area contributed by atoms with Crippen LogP contribution in [0.25, 0.3) is 10.9 Å². The maximum absolute atomic E-state index is 13.0. The van der Waals surface area contributed by atoms with Crippen molar-refractivity contribution in [3.63, 3.8) is 0 Å². The van der Waals surface area contributed by atoms with Crippen molar-refractivity contribution in [2.45, 2.75) is 10.9 Å². The van der Waals surface area contributed by atoms with E-state index < -0.39 is 10.0 Å². The molecule has 1 atom stereocenters. The number of piperazine rings is 1. The third-order valence-corrected chi connectivity index (χ3v) is 6.34. The fourth-order valence-corrected chi connectivity index (χ4v) is 4.90. The second kappa shape index (κ2) is 5.17. The van der Waals surface area contributed by atoms with Gasteiger partial charge in [-0.15, -0.1) is 0 Å². The molecule has 0 spiro atoms. The van der Waals surface area contributed by atoms with E-state index in [1.54, 1.807) is 41.4 Å². The molecule has 2 fully saturated rings. The molecule has 0 radical (unpaired) electrons. The SMILES string of the molecule is O=C1NCC2CN(S(=O)(=O)c3cccc4ncccc34)CCN12. The summed E-state index contributed by atoms with van der Waals surface area (Å²) in [5.41, 5.74) is 0.657. The van der Waals surface area contributed by atoms with Gasteiger partial charge in [0.15, 0.2) is 0 Å². The Kier molecular flexibility index (Phi) is 3.24. The van der Waals surface area contributed by atoms with Gasteiger partial charge in [-0.3, -0.25) is 4.98 Å². The number of hydrogen-bond donors (Lipinski definition) is 1. The van der Waals surface area contributed by atoms with Crippen LogP contribution >= 0.6 is 0 Å². The molecular formula is C15H16N4O3S. The highest BCUT2D eigenvalue weighted by molar-refractivity contribution is 7.89. The third-order valence-electron chi connectivity index (χ3n) is 4.42.